The SMILES string of the molecule is N#C/C(=C\c1ccc(-c2ccc(Cl)c(Cl)c2)o1)C(=O)NC1CCS(=O)(=O)C1. The fraction of sp³-hybridized carbons (Fsp3) is 0.222. The molecule has 0 radical (unpaired) electrons. The first-order valence-corrected chi connectivity index (χ1v) is 10.5. The Morgan fingerprint density at radius 2 is 2.04 bits per heavy atom. The number of nitriles is 1. The van der Waals surface area contributed by atoms with Crippen LogP contribution < -0.4 is 5.32 Å². The zero-order chi connectivity index (χ0) is 19.6. The smallest absolute Gasteiger partial charge is 0.262 e. The fourth-order valence-electron chi connectivity index (χ4n) is 2.70. The van der Waals surface area contributed by atoms with Crippen LogP contribution in [0.15, 0.2) is 40.3 Å². The highest BCUT2D eigenvalue weighted by molar-refractivity contribution is 7.91. The molecule has 2 heterocycles. The number of carbonyl (C=O) groups excluding carboxylic acids is 1. The Morgan fingerprint density at radius 3 is 2.67 bits per heavy atom. The van der Waals surface area contributed by atoms with Gasteiger partial charge in [0.2, 0.25) is 0 Å². The highest BCUT2D eigenvalue weighted by Crippen LogP contribution is 2.30. The number of sulfone groups is 1. The molecule has 0 bridgehead atoms. The van der Waals surface area contributed by atoms with Gasteiger partial charge in [0.25, 0.3) is 5.91 Å². The van der Waals surface area contributed by atoms with Crippen LogP contribution in [-0.4, -0.2) is 31.9 Å². The van der Waals surface area contributed by atoms with Crippen LogP contribution in [-0.2, 0) is 14.6 Å². The van der Waals surface area contributed by atoms with Gasteiger partial charge in [0.05, 0.1) is 21.6 Å². The van der Waals surface area contributed by atoms with Crippen molar-refractivity contribution in [3.05, 3.63) is 51.7 Å². The summed E-state index contributed by atoms with van der Waals surface area (Å²) in [5.41, 5.74) is 0.525. The van der Waals surface area contributed by atoms with Gasteiger partial charge in [-0.2, -0.15) is 5.26 Å². The number of amides is 1. The highest BCUT2D eigenvalue weighted by Gasteiger charge is 2.29. The lowest BCUT2D eigenvalue weighted by molar-refractivity contribution is -0.117. The number of benzene rings is 1. The van der Waals surface area contributed by atoms with E-state index in [2.05, 4.69) is 5.32 Å². The van der Waals surface area contributed by atoms with E-state index in [0.717, 1.165) is 0 Å². The summed E-state index contributed by atoms with van der Waals surface area (Å²) >= 11 is 11.9. The largest absolute Gasteiger partial charge is 0.457 e. The van der Waals surface area contributed by atoms with Gasteiger partial charge in [-0.05, 0) is 36.8 Å². The van der Waals surface area contributed by atoms with Crippen molar-refractivity contribution >= 4 is 45.0 Å². The molecule has 140 valence electrons. The topological polar surface area (TPSA) is 100 Å². The third-order valence-electron chi connectivity index (χ3n) is 4.05. The Morgan fingerprint density at radius 1 is 1.26 bits per heavy atom. The molecule has 1 N–H and O–H groups in total. The molecule has 1 atom stereocenters. The first-order valence-electron chi connectivity index (χ1n) is 7.96. The van der Waals surface area contributed by atoms with E-state index in [0.29, 0.717) is 33.6 Å². The molecule has 1 aliphatic rings. The monoisotopic (exact) mass is 424 g/mol. The summed E-state index contributed by atoms with van der Waals surface area (Å²) in [5, 5.41) is 12.6. The minimum absolute atomic E-state index is 0.0365. The van der Waals surface area contributed by atoms with Gasteiger partial charge in [-0.25, -0.2) is 8.42 Å². The van der Waals surface area contributed by atoms with Crippen LogP contribution in [0.1, 0.15) is 12.2 Å². The third-order valence-corrected chi connectivity index (χ3v) is 6.56. The number of nitrogens with one attached hydrogen (secondary N) is 1. The molecule has 0 aliphatic carbocycles. The molecule has 3 rings (SSSR count). The number of furan rings is 1. The lowest BCUT2D eigenvalue weighted by atomic mass is 10.2. The molecule has 2 aromatic rings. The predicted molar refractivity (Wildman–Crippen MR) is 103 cm³/mol. The van der Waals surface area contributed by atoms with Crippen molar-refractivity contribution in [2.24, 2.45) is 0 Å². The van der Waals surface area contributed by atoms with E-state index >= 15 is 0 Å². The first kappa shape index (κ1) is 19.5. The molecule has 9 heteroatoms. The number of nitrogens with zero attached hydrogens (tertiary/aromatic N) is 1. The molecule has 1 unspecified atom stereocenters. The van der Waals surface area contributed by atoms with E-state index in [9.17, 15) is 18.5 Å². The number of halogens is 2. The van der Waals surface area contributed by atoms with Gasteiger partial charge in [-0.1, -0.05) is 23.2 Å². The van der Waals surface area contributed by atoms with E-state index in [1.54, 1.807) is 30.3 Å². The molecule has 1 amide bonds. The van der Waals surface area contributed by atoms with Crippen molar-refractivity contribution in [3.8, 4) is 17.4 Å². The maximum atomic E-state index is 12.2. The molecule has 1 saturated heterocycles. The molecular formula is C18H14Cl2N2O4S. The summed E-state index contributed by atoms with van der Waals surface area (Å²) in [6.07, 6.45) is 1.65. The van der Waals surface area contributed by atoms with Crippen LogP contribution in [0.3, 0.4) is 0 Å². The molecule has 0 spiro atoms. The molecule has 0 saturated carbocycles. The summed E-state index contributed by atoms with van der Waals surface area (Å²) in [6, 6.07) is 9.65. The van der Waals surface area contributed by atoms with Gasteiger partial charge in [0.1, 0.15) is 23.2 Å². The van der Waals surface area contributed by atoms with Crippen molar-refractivity contribution in [2.45, 2.75) is 12.5 Å². The highest BCUT2D eigenvalue weighted by atomic mass is 35.5. The van der Waals surface area contributed by atoms with Crippen molar-refractivity contribution in [3.63, 3.8) is 0 Å². The Bertz CT molecular complexity index is 1070. The summed E-state index contributed by atoms with van der Waals surface area (Å²) in [5.74, 6) is 0.0994. The average molecular weight is 425 g/mol. The van der Waals surface area contributed by atoms with Gasteiger partial charge in [0, 0.05) is 17.7 Å². The Balaban J connectivity index is 1.76. The Labute approximate surface area is 166 Å². The second-order valence-electron chi connectivity index (χ2n) is 6.07. The van der Waals surface area contributed by atoms with E-state index in [-0.39, 0.29) is 17.1 Å². The summed E-state index contributed by atoms with van der Waals surface area (Å²) in [4.78, 5) is 12.2. The molecular weight excluding hydrogens is 411 g/mol. The van der Waals surface area contributed by atoms with Crippen LogP contribution in [0.25, 0.3) is 17.4 Å². The van der Waals surface area contributed by atoms with E-state index in [1.807, 2.05) is 6.07 Å². The van der Waals surface area contributed by atoms with Gasteiger partial charge >= 0.3 is 0 Å². The molecule has 1 fully saturated rings. The molecule has 1 aromatic carbocycles. The van der Waals surface area contributed by atoms with Crippen LogP contribution in [0, 0.1) is 11.3 Å². The maximum Gasteiger partial charge on any atom is 0.262 e. The summed E-state index contributed by atoms with van der Waals surface area (Å²) in [6.45, 7) is 0. The van der Waals surface area contributed by atoms with Gasteiger partial charge in [-0.3, -0.25) is 4.79 Å². The Hall–Kier alpha value is -2.27. The van der Waals surface area contributed by atoms with Crippen LogP contribution in [0.4, 0.5) is 0 Å². The third kappa shape index (κ3) is 4.72. The summed E-state index contributed by atoms with van der Waals surface area (Å²) < 4.78 is 28.6. The van der Waals surface area contributed by atoms with Crippen LogP contribution in [0.5, 0.6) is 0 Å². The van der Waals surface area contributed by atoms with Crippen molar-refractivity contribution in [1.29, 1.82) is 5.26 Å². The average Bonchev–Trinajstić information content (AvgIpc) is 3.21. The van der Waals surface area contributed by atoms with Crippen molar-refractivity contribution < 1.29 is 17.6 Å². The quantitative estimate of drug-likeness (QED) is 0.597. The molecule has 1 aliphatic heterocycles. The first-order chi connectivity index (χ1) is 12.8. The van der Waals surface area contributed by atoms with Gasteiger partial charge in [-0.15, -0.1) is 0 Å². The zero-order valence-electron chi connectivity index (χ0n) is 13.9. The van der Waals surface area contributed by atoms with Crippen molar-refractivity contribution in [2.75, 3.05) is 11.5 Å². The second kappa shape index (κ2) is 7.77. The molecule has 1 aromatic heterocycles. The molecule has 27 heavy (non-hydrogen) atoms. The summed E-state index contributed by atoms with van der Waals surface area (Å²) in [7, 11) is -3.12. The second-order valence-corrected chi connectivity index (χ2v) is 9.12. The Kier molecular flexibility index (Phi) is 5.61. The minimum Gasteiger partial charge on any atom is -0.457 e. The van der Waals surface area contributed by atoms with Gasteiger partial charge < -0.3 is 9.73 Å². The zero-order valence-corrected chi connectivity index (χ0v) is 16.2. The lowest BCUT2D eigenvalue weighted by Gasteiger charge is -2.09. The number of carbonyl (C=O) groups is 1. The minimum atomic E-state index is -3.12. The number of rotatable bonds is 4. The van der Waals surface area contributed by atoms with Crippen LogP contribution in [0.2, 0.25) is 10.0 Å². The van der Waals surface area contributed by atoms with E-state index in [1.165, 1.54) is 6.08 Å². The fourth-order valence-corrected chi connectivity index (χ4v) is 4.67. The normalized spacial score (nSPS) is 18.9. The van der Waals surface area contributed by atoms with E-state index < -0.39 is 21.8 Å². The van der Waals surface area contributed by atoms with Crippen molar-refractivity contribution in [1.82, 2.24) is 5.32 Å². The predicted octanol–water partition coefficient (Wildman–Crippen LogP) is 3.46. The number of hydrogen-bond donors (Lipinski definition) is 1. The number of hydrogen-bond acceptors (Lipinski definition) is 5. The maximum absolute atomic E-state index is 12.2. The van der Waals surface area contributed by atoms with E-state index in [4.69, 9.17) is 27.6 Å². The molecule has 6 nitrogen and oxygen atoms in total. The van der Waals surface area contributed by atoms with Crippen LogP contribution >= 0.6 is 23.2 Å². The standard InChI is InChI=1S/C18H14Cl2N2O4S/c19-15-3-1-11(8-16(15)20)17-4-2-14(26-17)7-12(9-21)18(23)22-13-5-6-27(24,25)10-13/h1-4,7-8,13H,5-6,10H2,(H,22,23)/b12-7+. The van der Waals surface area contributed by atoms with Gasteiger partial charge in [0.15, 0.2) is 9.84 Å². The lowest BCUT2D eigenvalue weighted by Crippen LogP contribution is -2.36.